The van der Waals surface area contributed by atoms with Crippen LogP contribution in [0.25, 0.3) is 0 Å². The van der Waals surface area contributed by atoms with E-state index in [1.165, 1.54) is 16.2 Å². The SMILES string of the molecule is Cc1nc(C(=O)N(C)C2(C(=O)O)CCCCC2)c(C)s1. The zero-order valence-electron chi connectivity index (χ0n) is 12.1. The van der Waals surface area contributed by atoms with Crippen LogP contribution in [0.5, 0.6) is 0 Å². The van der Waals surface area contributed by atoms with Gasteiger partial charge >= 0.3 is 5.97 Å². The van der Waals surface area contributed by atoms with Crippen LogP contribution in [-0.4, -0.2) is 39.5 Å². The molecule has 0 radical (unpaired) electrons. The van der Waals surface area contributed by atoms with E-state index >= 15 is 0 Å². The molecule has 0 bridgehead atoms. The van der Waals surface area contributed by atoms with Crippen molar-refractivity contribution in [2.75, 3.05) is 7.05 Å². The molecule has 1 aromatic heterocycles. The molecule has 110 valence electrons. The molecule has 1 N–H and O–H groups in total. The standard InChI is InChI=1S/C14H20N2O3S/c1-9-11(15-10(2)20-9)12(17)16(3)14(13(18)19)7-5-4-6-8-14/h4-8H2,1-3H3,(H,18,19). The lowest BCUT2D eigenvalue weighted by Crippen LogP contribution is -2.56. The summed E-state index contributed by atoms with van der Waals surface area (Å²) in [7, 11) is 1.59. The minimum absolute atomic E-state index is 0.281. The molecule has 0 unspecified atom stereocenters. The van der Waals surface area contributed by atoms with Gasteiger partial charge in [-0.2, -0.15) is 0 Å². The number of hydrogen-bond donors (Lipinski definition) is 1. The average molecular weight is 296 g/mol. The first-order valence-electron chi connectivity index (χ1n) is 6.84. The molecular formula is C14H20N2O3S. The smallest absolute Gasteiger partial charge is 0.329 e. The topological polar surface area (TPSA) is 70.5 Å². The van der Waals surface area contributed by atoms with Crippen LogP contribution in [0.1, 0.15) is 52.5 Å². The Labute approximate surface area is 122 Å². The van der Waals surface area contributed by atoms with Crippen LogP contribution in [0.3, 0.4) is 0 Å². The van der Waals surface area contributed by atoms with Crippen molar-refractivity contribution in [1.29, 1.82) is 0 Å². The third-order valence-corrected chi connectivity index (χ3v) is 5.02. The van der Waals surface area contributed by atoms with Gasteiger partial charge in [0.2, 0.25) is 0 Å². The van der Waals surface area contributed by atoms with E-state index in [9.17, 15) is 14.7 Å². The number of carbonyl (C=O) groups is 2. The number of aliphatic carboxylic acids is 1. The van der Waals surface area contributed by atoms with E-state index in [1.54, 1.807) is 7.05 Å². The predicted octanol–water partition coefficient (Wildman–Crippen LogP) is 2.62. The summed E-state index contributed by atoms with van der Waals surface area (Å²) in [6, 6.07) is 0. The van der Waals surface area contributed by atoms with E-state index in [1.807, 2.05) is 13.8 Å². The van der Waals surface area contributed by atoms with Crippen LogP contribution < -0.4 is 0 Å². The van der Waals surface area contributed by atoms with Crippen molar-refractivity contribution in [2.45, 2.75) is 51.5 Å². The van der Waals surface area contributed by atoms with Gasteiger partial charge in [-0.1, -0.05) is 19.3 Å². The molecule has 0 saturated heterocycles. The number of amides is 1. The lowest BCUT2D eigenvalue weighted by atomic mass is 9.80. The Bertz CT molecular complexity index is 533. The molecule has 0 spiro atoms. The highest BCUT2D eigenvalue weighted by atomic mass is 32.1. The molecule has 0 aliphatic heterocycles. The lowest BCUT2D eigenvalue weighted by Gasteiger charge is -2.40. The third-order valence-electron chi connectivity index (χ3n) is 4.13. The number of carboxylic acids is 1. The molecule has 1 heterocycles. The molecule has 2 rings (SSSR count). The number of aromatic nitrogens is 1. The number of thiazole rings is 1. The second kappa shape index (κ2) is 5.52. The number of rotatable bonds is 3. The molecule has 1 aromatic rings. The quantitative estimate of drug-likeness (QED) is 0.930. The van der Waals surface area contributed by atoms with E-state index < -0.39 is 11.5 Å². The zero-order chi connectivity index (χ0) is 14.9. The maximum absolute atomic E-state index is 12.6. The highest BCUT2D eigenvalue weighted by Gasteiger charge is 2.46. The predicted molar refractivity (Wildman–Crippen MR) is 77.1 cm³/mol. The van der Waals surface area contributed by atoms with Crippen molar-refractivity contribution in [3.05, 3.63) is 15.6 Å². The highest BCUT2D eigenvalue weighted by Crippen LogP contribution is 2.34. The van der Waals surface area contributed by atoms with Crippen LogP contribution in [0.4, 0.5) is 0 Å². The van der Waals surface area contributed by atoms with E-state index in [0.717, 1.165) is 29.1 Å². The van der Waals surface area contributed by atoms with Crippen molar-refractivity contribution in [2.24, 2.45) is 0 Å². The Kier molecular flexibility index (Phi) is 4.13. The molecule has 1 saturated carbocycles. The minimum atomic E-state index is -1.07. The first-order valence-corrected chi connectivity index (χ1v) is 7.66. The first-order chi connectivity index (χ1) is 9.38. The summed E-state index contributed by atoms with van der Waals surface area (Å²) in [6.45, 7) is 3.70. The van der Waals surface area contributed by atoms with Crippen molar-refractivity contribution < 1.29 is 14.7 Å². The number of carbonyl (C=O) groups excluding carboxylic acids is 1. The molecule has 1 aliphatic rings. The molecule has 5 nitrogen and oxygen atoms in total. The number of likely N-dealkylation sites (N-methyl/N-ethyl adjacent to an activating group) is 1. The molecule has 1 fully saturated rings. The van der Waals surface area contributed by atoms with Gasteiger partial charge in [0.25, 0.3) is 5.91 Å². The maximum Gasteiger partial charge on any atom is 0.329 e. The summed E-state index contributed by atoms with van der Waals surface area (Å²) in [6.07, 6.45) is 3.77. The van der Waals surface area contributed by atoms with Gasteiger partial charge < -0.3 is 10.0 Å². The molecule has 6 heteroatoms. The van der Waals surface area contributed by atoms with Gasteiger partial charge in [0, 0.05) is 11.9 Å². The van der Waals surface area contributed by atoms with Crippen LogP contribution >= 0.6 is 11.3 Å². The Morgan fingerprint density at radius 3 is 2.30 bits per heavy atom. The molecule has 0 atom stereocenters. The lowest BCUT2D eigenvalue weighted by molar-refractivity contribution is -0.151. The highest BCUT2D eigenvalue weighted by molar-refractivity contribution is 7.11. The van der Waals surface area contributed by atoms with Gasteiger partial charge in [0.1, 0.15) is 11.2 Å². The van der Waals surface area contributed by atoms with Gasteiger partial charge in [0.15, 0.2) is 0 Å². The van der Waals surface area contributed by atoms with Crippen LogP contribution in [-0.2, 0) is 4.79 Å². The summed E-state index contributed by atoms with van der Waals surface area (Å²) in [5.41, 5.74) is -0.680. The summed E-state index contributed by atoms with van der Waals surface area (Å²) in [5.74, 6) is -1.19. The van der Waals surface area contributed by atoms with Crippen molar-refractivity contribution in [1.82, 2.24) is 9.88 Å². The van der Waals surface area contributed by atoms with E-state index in [2.05, 4.69) is 4.98 Å². The third kappa shape index (κ3) is 2.44. The molecule has 20 heavy (non-hydrogen) atoms. The van der Waals surface area contributed by atoms with E-state index in [-0.39, 0.29) is 5.91 Å². The fourth-order valence-electron chi connectivity index (χ4n) is 2.91. The largest absolute Gasteiger partial charge is 0.479 e. The normalized spacial score (nSPS) is 17.8. The molecule has 1 amide bonds. The Balaban J connectivity index is 2.32. The molecule has 1 aliphatic carbocycles. The summed E-state index contributed by atoms with van der Waals surface area (Å²) in [4.78, 5) is 30.8. The summed E-state index contributed by atoms with van der Waals surface area (Å²) >= 11 is 1.46. The van der Waals surface area contributed by atoms with Crippen molar-refractivity contribution in [3.63, 3.8) is 0 Å². The number of carboxylic acid groups (broad SMARTS) is 1. The average Bonchev–Trinajstić information content (AvgIpc) is 2.76. The first kappa shape index (κ1) is 15.0. The molecule has 0 aromatic carbocycles. The maximum atomic E-state index is 12.6. The van der Waals surface area contributed by atoms with E-state index in [0.29, 0.717) is 18.5 Å². The number of aryl methyl sites for hydroxylation is 2. The summed E-state index contributed by atoms with van der Waals surface area (Å²) < 4.78 is 0. The van der Waals surface area contributed by atoms with Crippen LogP contribution in [0, 0.1) is 13.8 Å². The minimum Gasteiger partial charge on any atom is -0.479 e. The summed E-state index contributed by atoms with van der Waals surface area (Å²) in [5, 5.41) is 10.4. The van der Waals surface area contributed by atoms with Gasteiger partial charge in [-0.05, 0) is 26.7 Å². The second-order valence-electron chi connectivity index (χ2n) is 5.40. The Morgan fingerprint density at radius 2 is 1.85 bits per heavy atom. The van der Waals surface area contributed by atoms with Gasteiger partial charge in [0.05, 0.1) is 5.01 Å². The monoisotopic (exact) mass is 296 g/mol. The van der Waals surface area contributed by atoms with E-state index in [4.69, 9.17) is 0 Å². The van der Waals surface area contributed by atoms with Gasteiger partial charge in [-0.15, -0.1) is 11.3 Å². The fourth-order valence-corrected chi connectivity index (χ4v) is 3.72. The Hall–Kier alpha value is -1.43. The second-order valence-corrected chi connectivity index (χ2v) is 6.81. The van der Waals surface area contributed by atoms with Crippen LogP contribution in [0.15, 0.2) is 0 Å². The van der Waals surface area contributed by atoms with Gasteiger partial charge in [-0.25, -0.2) is 9.78 Å². The molecular weight excluding hydrogens is 276 g/mol. The van der Waals surface area contributed by atoms with Gasteiger partial charge in [-0.3, -0.25) is 4.79 Å². The van der Waals surface area contributed by atoms with Crippen molar-refractivity contribution in [3.8, 4) is 0 Å². The number of hydrogen-bond acceptors (Lipinski definition) is 4. The fraction of sp³-hybridized carbons (Fsp3) is 0.643. The van der Waals surface area contributed by atoms with Crippen molar-refractivity contribution >= 4 is 23.2 Å². The number of nitrogens with zero attached hydrogens (tertiary/aromatic N) is 2. The zero-order valence-corrected chi connectivity index (χ0v) is 12.9. The Morgan fingerprint density at radius 1 is 1.25 bits per heavy atom. The van der Waals surface area contributed by atoms with Crippen LogP contribution in [0.2, 0.25) is 0 Å².